The molecule has 0 spiro atoms. The molecule has 0 aromatic heterocycles. The second kappa shape index (κ2) is 14.8. The third-order valence-electron chi connectivity index (χ3n) is 5.50. The Labute approximate surface area is 196 Å². The first-order valence-electron chi connectivity index (χ1n) is 11.1. The molecule has 32 heavy (non-hydrogen) atoms. The molecule has 1 heterocycles. The van der Waals surface area contributed by atoms with E-state index in [0.717, 1.165) is 25.8 Å². The highest BCUT2D eigenvalue weighted by molar-refractivity contribution is 5.94. The summed E-state index contributed by atoms with van der Waals surface area (Å²) in [6, 6.07) is 5.86. The van der Waals surface area contributed by atoms with Gasteiger partial charge in [-0.1, -0.05) is 26.0 Å². The summed E-state index contributed by atoms with van der Waals surface area (Å²) >= 11 is 0. The van der Waals surface area contributed by atoms with E-state index in [2.05, 4.69) is 19.2 Å². The molecule has 1 aromatic carbocycles. The highest BCUT2D eigenvalue weighted by atomic mass is 35.5. The van der Waals surface area contributed by atoms with Gasteiger partial charge in [0.15, 0.2) is 0 Å². The number of nitrogens with zero attached hydrogens (tertiary/aromatic N) is 1. The lowest BCUT2D eigenvalue weighted by Crippen LogP contribution is -2.52. The van der Waals surface area contributed by atoms with Gasteiger partial charge in [0.2, 0.25) is 0 Å². The van der Waals surface area contributed by atoms with Gasteiger partial charge in [0.05, 0.1) is 12.2 Å². The fourth-order valence-electron chi connectivity index (χ4n) is 3.83. The van der Waals surface area contributed by atoms with Crippen molar-refractivity contribution >= 4 is 18.3 Å². The number of rotatable bonds is 4. The fraction of sp³-hybridized carbons (Fsp3) is 0.696. The van der Waals surface area contributed by atoms with Crippen LogP contribution in [0.5, 0.6) is 0 Å². The Morgan fingerprint density at radius 1 is 1.28 bits per heavy atom. The Balaban J connectivity index is 0.00000512. The van der Waals surface area contributed by atoms with Crippen molar-refractivity contribution in [3.05, 3.63) is 35.6 Å². The molecule has 3 N–H and O–H groups in total. The highest BCUT2D eigenvalue weighted by Crippen LogP contribution is 2.16. The second-order valence-electron chi connectivity index (χ2n) is 8.58. The molecule has 1 unspecified atom stereocenters. The van der Waals surface area contributed by atoms with Gasteiger partial charge in [-0.2, -0.15) is 0 Å². The lowest BCUT2D eigenvalue weighted by Gasteiger charge is -2.34. The minimum Gasteiger partial charge on any atom is -0.388 e. The Morgan fingerprint density at radius 3 is 2.66 bits per heavy atom. The van der Waals surface area contributed by atoms with Crippen molar-refractivity contribution in [2.45, 2.75) is 57.5 Å². The van der Waals surface area contributed by atoms with Gasteiger partial charge >= 0.3 is 0 Å². The molecular formula is C23H38ClFN2O5. The largest absolute Gasteiger partial charge is 0.388 e. The maximum absolute atomic E-state index is 14.4. The van der Waals surface area contributed by atoms with Crippen LogP contribution < -0.4 is 5.32 Å². The van der Waals surface area contributed by atoms with E-state index in [9.17, 15) is 19.4 Å². The van der Waals surface area contributed by atoms with Gasteiger partial charge in [0, 0.05) is 32.8 Å². The van der Waals surface area contributed by atoms with Crippen molar-refractivity contribution in [3.63, 3.8) is 0 Å². The van der Waals surface area contributed by atoms with Gasteiger partial charge in [-0.15, -0.1) is 12.4 Å². The predicted octanol–water partition coefficient (Wildman–Crippen LogP) is 2.24. The van der Waals surface area contributed by atoms with E-state index >= 15 is 0 Å². The number of hydrogen-bond acceptors (Lipinski definition) is 6. The summed E-state index contributed by atoms with van der Waals surface area (Å²) in [5.74, 6) is -0.667. The average molecular weight is 477 g/mol. The molecule has 1 saturated heterocycles. The maximum atomic E-state index is 14.4. The van der Waals surface area contributed by atoms with Crippen molar-refractivity contribution in [2.75, 3.05) is 40.0 Å². The first kappa shape index (κ1) is 28.7. The zero-order valence-corrected chi connectivity index (χ0v) is 20.0. The number of carbonyl (C=O) groups excluding carboxylic acids is 1. The molecule has 0 aliphatic carbocycles. The van der Waals surface area contributed by atoms with Gasteiger partial charge in [-0.05, 0) is 43.9 Å². The van der Waals surface area contributed by atoms with Crippen LogP contribution in [0.25, 0.3) is 0 Å². The summed E-state index contributed by atoms with van der Waals surface area (Å²) in [5, 5.41) is 24.4. The van der Waals surface area contributed by atoms with Gasteiger partial charge in [0.1, 0.15) is 24.1 Å². The van der Waals surface area contributed by atoms with Crippen molar-refractivity contribution in [1.82, 2.24) is 10.2 Å². The summed E-state index contributed by atoms with van der Waals surface area (Å²) in [5.41, 5.74) is -0.0277. The van der Waals surface area contributed by atoms with Crippen LogP contribution >= 0.6 is 12.4 Å². The number of hydrogen-bond donors (Lipinski definition) is 3. The molecule has 2 rings (SSSR count). The molecule has 184 valence electrons. The van der Waals surface area contributed by atoms with Crippen LogP contribution in [0.3, 0.4) is 0 Å². The van der Waals surface area contributed by atoms with E-state index in [1.807, 2.05) is 0 Å². The number of aliphatic hydroxyl groups excluding tert-OH is 2. The topological polar surface area (TPSA) is 91.3 Å². The maximum Gasteiger partial charge on any atom is 0.256 e. The van der Waals surface area contributed by atoms with Crippen molar-refractivity contribution < 1.29 is 28.9 Å². The quantitative estimate of drug-likeness (QED) is 0.617. The van der Waals surface area contributed by atoms with Crippen LogP contribution in [-0.4, -0.2) is 85.3 Å². The van der Waals surface area contributed by atoms with Crippen LogP contribution in [-0.2, 0) is 9.47 Å². The van der Waals surface area contributed by atoms with Crippen LogP contribution in [0.1, 0.15) is 43.5 Å². The SMILES string of the molecule is CO[C@@H]1CN(C(=O)c2ccccc2F)CC(CC(C)C)NCCCCOC[C@@H](O)[C@H]1O.Cl. The van der Waals surface area contributed by atoms with Crippen molar-refractivity contribution in [2.24, 2.45) is 5.92 Å². The van der Waals surface area contributed by atoms with Gasteiger partial charge in [-0.3, -0.25) is 4.79 Å². The van der Waals surface area contributed by atoms with Crippen LogP contribution in [0.4, 0.5) is 4.39 Å². The zero-order valence-electron chi connectivity index (χ0n) is 19.2. The number of nitrogens with one attached hydrogen (secondary N) is 1. The molecule has 1 aliphatic heterocycles. The number of halogens is 2. The van der Waals surface area contributed by atoms with E-state index in [-0.39, 0.29) is 37.2 Å². The van der Waals surface area contributed by atoms with Gasteiger partial charge in [0.25, 0.3) is 5.91 Å². The molecule has 4 atom stereocenters. The Bertz CT molecular complexity index is 682. The van der Waals surface area contributed by atoms with Crippen LogP contribution in [0.2, 0.25) is 0 Å². The molecule has 0 bridgehead atoms. The lowest BCUT2D eigenvalue weighted by molar-refractivity contribution is -0.105. The molecule has 9 heteroatoms. The molecule has 0 radical (unpaired) electrons. The molecular weight excluding hydrogens is 439 g/mol. The summed E-state index contributed by atoms with van der Waals surface area (Å²) in [4.78, 5) is 14.8. The normalized spacial score (nSPS) is 26.3. The Hall–Kier alpha value is -1.29. The minimum absolute atomic E-state index is 0. The number of benzene rings is 1. The van der Waals surface area contributed by atoms with Crippen molar-refractivity contribution in [3.8, 4) is 0 Å². The van der Waals surface area contributed by atoms with Crippen LogP contribution in [0.15, 0.2) is 24.3 Å². The monoisotopic (exact) mass is 476 g/mol. The van der Waals surface area contributed by atoms with Gasteiger partial charge in [-0.25, -0.2) is 4.39 Å². The standard InChI is InChI=1S/C23H37FN2O5.ClH/c1-16(2)12-17-13-26(23(29)18-8-4-5-9-19(18)24)14-21(30-3)22(28)20(27)15-31-11-7-6-10-25-17;/h4-5,8-9,16-17,20-22,25,27-28H,6-7,10-15H2,1-3H3;1H/t17?,20-,21-,22-;/m1./s1. The molecule has 7 nitrogen and oxygen atoms in total. The predicted molar refractivity (Wildman–Crippen MR) is 124 cm³/mol. The van der Waals surface area contributed by atoms with E-state index in [4.69, 9.17) is 9.47 Å². The lowest BCUT2D eigenvalue weighted by atomic mass is 10.0. The van der Waals surface area contributed by atoms with E-state index in [1.54, 1.807) is 6.07 Å². The third-order valence-corrected chi connectivity index (χ3v) is 5.50. The summed E-state index contributed by atoms with van der Waals surface area (Å²) in [7, 11) is 1.42. The van der Waals surface area contributed by atoms with E-state index < -0.39 is 30.0 Å². The van der Waals surface area contributed by atoms with Gasteiger partial charge < -0.3 is 29.9 Å². The highest BCUT2D eigenvalue weighted by Gasteiger charge is 2.32. The number of amides is 1. The molecule has 0 saturated carbocycles. The Kier molecular flexibility index (Phi) is 13.3. The number of methoxy groups -OCH3 is 1. The number of carbonyl (C=O) groups is 1. The molecule has 1 amide bonds. The van der Waals surface area contributed by atoms with Crippen molar-refractivity contribution in [1.29, 1.82) is 0 Å². The average Bonchev–Trinajstić information content (AvgIpc) is 2.74. The first-order valence-corrected chi connectivity index (χ1v) is 11.1. The molecule has 1 aromatic rings. The second-order valence-corrected chi connectivity index (χ2v) is 8.58. The zero-order chi connectivity index (χ0) is 22.8. The summed E-state index contributed by atoms with van der Waals surface area (Å²) in [6.07, 6.45) is -0.717. The summed E-state index contributed by atoms with van der Waals surface area (Å²) < 4.78 is 25.3. The third kappa shape index (κ3) is 8.92. The van der Waals surface area contributed by atoms with E-state index in [1.165, 1.54) is 30.2 Å². The smallest absolute Gasteiger partial charge is 0.256 e. The number of aliphatic hydroxyl groups is 2. The first-order chi connectivity index (χ1) is 14.8. The fourth-order valence-corrected chi connectivity index (χ4v) is 3.83. The molecule has 1 fully saturated rings. The number of ether oxygens (including phenoxy) is 2. The van der Waals surface area contributed by atoms with E-state index in [0.29, 0.717) is 19.1 Å². The summed E-state index contributed by atoms with van der Waals surface area (Å²) in [6.45, 7) is 5.81. The molecule has 1 aliphatic rings. The van der Waals surface area contributed by atoms with Crippen LogP contribution in [0, 0.1) is 11.7 Å². The Morgan fingerprint density at radius 2 is 2.00 bits per heavy atom. The minimum atomic E-state index is -1.25.